The van der Waals surface area contributed by atoms with Crippen molar-refractivity contribution in [3.05, 3.63) is 0 Å². The van der Waals surface area contributed by atoms with Gasteiger partial charge in [0.2, 0.25) is 5.13 Å². The van der Waals surface area contributed by atoms with Gasteiger partial charge in [-0.25, -0.2) is 0 Å². The predicted molar refractivity (Wildman–Crippen MR) is 59.6 cm³/mol. The van der Waals surface area contributed by atoms with Crippen LogP contribution in [0.1, 0.15) is 20.3 Å². The molecule has 1 N–H and O–H groups in total. The minimum Gasteiger partial charge on any atom is -0.358 e. The molecule has 0 saturated heterocycles. The van der Waals surface area contributed by atoms with Crippen molar-refractivity contribution < 1.29 is 0 Å². The lowest BCUT2D eigenvalue weighted by molar-refractivity contribution is 0.883. The van der Waals surface area contributed by atoms with Gasteiger partial charge >= 0.3 is 0 Å². The Balaban J connectivity index is 2.39. The average Bonchev–Trinajstić information content (AvgIpc) is 2.52. The third-order valence-corrected chi connectivity index (χ3v) is 3.25. The molecule has 1 heterocycles. The molecule has 1 aromatic rings. The molecule has 1 rings (SSSR count). The fourth-order valence-electron chi connectivity index (χ4n) is 0.757. The second-order valence-corrected chi connectivity index (χ2v) is 5.25. The van der Waals surface area contributed by atoms with E-state index in [1.807, 2.05) is 0 Å². The van der Waals surface area contributed by atoms with Gasteiger partial charge in [-0.2, -0.15) is 5.26 Å². The fourth-order valence-corrected chi connectivity index (χ4v) is 2.57. The van der Waals surface area contributed by atoms with E-state index >= 15 is 0 Å². The molecule has 0 unspecified atom stereocenters. The van der Waals surface area contributed by atoms with Crippen LogP contribution < -0.4 is 5.32 Å². The van der Waals surface area contributed by atoms with Crippen LogP contribution in [0.2, 0.25) is 0 Å². The highest BCUT2D eigenvalue weighted by molar-refractivity contribution is 8.01. The molecule has 0 amide bonds. The van der Waals surface area contributed by atoms with Crippen molar-refractivity contribution in [3.8, 4) is 6.07 Å². The molecule has 0 atom stereocenters. The quantitative estimate of drug-likeness (QED) is 0.619. The highest BCUT2D eigenvalue weighted by Gasteiger charge is 2.04. The molecule has 1 aromatic heterocycles. The van der Waals surface area contributed by atoms with E-state index in [0.29, 0.717) is 12.5 Å². The minimum absolute atomic E-state index is 0.375. The van der Waals surface area contributed by atoms with Gasteiger partial charge in [0, 0.05) is 18.2 Å². The maximum absolute atomic E-state index is 8.36. The van der Waals surface area contributed by atoms with Crippen molar-refractivity contribution in [1.82, 2.24) is 10.2 Å². The van der Waals surface area contributed by atoms with Gasteiger partial charge < -0.3 is 5.32 Å². The van der Waals surface area contributed by atoms with Gasteiger partial charge in [-0.1, -0.05) is 23.1 Å². The molecule has 76 valence electrons. The Morgan fingerprint density at radius 1 is 1.57 bits per heavy atom. The zero-order valence-corrected chi connectivity index (χ0v) is 9.78. The first-order valence-electron chi connectivity index (χ1n) is 4.32. The smallest absolute Gasteiger partial charge is 0.206 e. The van der Waals surface area contributed by atoms with Crippen LogP contribution in [-0.2, 0) is 0 Å². The van der Waals surface area contributed by atoms with Crippen molar-refractivity contribution in [2.45, 2.75) is 30.6 Å². The van der Waals surface area contributed by atoms with E-state index in [2.05, 4.69) is 35.4 Å². The van der Waals surface area contributed by atoms with Crippen LogP contribution in [0.4, 0.5) is 5.13 Å². The molecular formula is C8H12N4S2. The van der Waals surface area contributed by atoms with Crippen LogP contribution in [-0.4, -0.2) is 22.0 Å². The van der Waals surface area contributed by atoms with Gasteiger partial charge in [-0.3, -0.25) is 0 Å². The van der Waals surface area contributed by atoms with E-state index < -0.39 is 0 Å². The number of hydrogen-bond acceptors (Lipinski definition) is 6. The topological polar surface area (TPSA) is 61.6 Å². The molecule has 0 radical (unpaired) electrons. The normalized spacial score (nSPS) is 10.1. The van der Waals surface area contributed by atoms with Gasteiger partial charge in [-0.05, 0) is 13.8 Å². The molecule has 0 aliphatic heterocycles. The lowest BCUT2D eigenvalue weighted by atomic mass is 10.4. The average molecular weight is 228 g/mol. The summed E-state index contributed by atoms with van der Waals surface area (Å²) in [6, 6.07) is 2.47. The summed E-state index contributed by atoms with van der Waals surface area (Å²) in [5.41, 5.74) is 0. The molecule has 0 aliphatic carbocycles. The molecule has 14 heavy (non-hydrogen) atoms. The Bertz CT molecular complexity index is 315. The number of rotatable bonds is 5. The number of anilines is 1. The number of thioether (sulfide) groups is 1. The van der Waals surface area contributed by atoms with Crippen molar-refractivity contribution in [1.29, 1.82) is 5.26 Å². The first-order chi connectivity index (χ1) is 6.72. The Morgan fingerprint density at radius 2 is 2.36 bits per heavy atom. The fraction of sp³-hybridized carbons (Fsp3) is 0.625. The van der Waals surface area contributed by atoms with E-state index in [1.54, 1.807) is 11.8 Å². The zero-order chi connectivity index (χ0) is 10.4. The lowest BCUT2D eigenvalue weighted by Crippen LogP contribution is -2.08. The molecule has 0 aromatic carbocycles. The molecule has 4 nitrogen and oxygen atoms in total. The second kappa shape index (κ2) is 5.83. The van der Waals surface area contributed by atoms with Crippen LogP contribution in [0.15, 0.2) is 4.34 Å². The standard InChI is InChI=1S/C8H12N4S2/c1-6(2)10-7-11-12-8(14-7)13-5-3-4-9/h6H,3,5H2,1-2H3,(H,10,11). The van der Waals surface area contributed by atoms with Crippen LogP contribution in [0.25, 0.3) is 0 Å². The Morgan fingerprint density at radius 3 is 3.00 bits per heavy atom. The second-order valence-electron chi connectivity index (χ2n) is 2.93. The van der Waals surface area contributed by atoms with Crippen LogP contribution in [0.3, 0.4) is 0 Å². The first kappa shape index (κ1) is 11.3. The number of hydrogen-bond donors (Lipinski definition) is 1. The summed E-state index contributed by atoms with van der Waals surface area (Å²) in [4.78, 5) is 0. The largest absolute Gasteiger partial charge is 0.358 e. The summed E-state index contributed by atoms with van der Waals surface area (Å²) >= 11 is 3.11. The Labute approximate surface area is 91.7 Å². The maximum atomic E-state index is 8.36. The minimum atomic E-state index is 0.375. The van der Waals surface area contributed by atoms with Gasteiger partial charge in [-0.15, -0.1) is 10.2 Å². The van der Waals surface area contributed by atoms with E-state index in [1.165, 1.54) is 11.3 Å². The molecule has 0 saturated carbocycles. The Hall–Kier alpha value is -0.800. The summed E-state index contributed by atoms with van der Waals surface area (Å²) in [5, 5.41) is 20.4. The van der Waals surface area contributed by atoms with Crippen molar-refractivity contribution >= 4 is 28.2 Å². The SMILES string of the molecule is CC(C)Nc1nnc(SCCC#N)s1. The monoisotopic (exact) mass is 228 g/mol. The van der Waals surface area contributed by atoms with E-state index in [9.17, 15) is 0 Å². The first-order valence-corrected chi connectivity index (χ1v) is 6.12. The summed E-state index contributed by atoms with van der Waals surface area (Å²) in [5.74, 6) is 0.785. The van der Waals surface area contributed by atoms with Gasteiger partial charge in [0.25, 0.3) is 0 Å². The lowest BCUT2D eigenvalue weighted by Gasteiger charge is -2.02. The van der Waals surface area contributed by atoms with Crippen molar-refractivity contribution in [2.75, 3.05) is 11.1 Å². The van der Waals surface area contributed by atoms with Crippen LogP contribution in [0.5, 0.6) is 0 Å². The summed E-state index contributed by atoms with van der Waals surface area (Å²) in [6.45, 7) is 4.12. The predicted octanol–water partition coefficient (Wildman–Crippen LogP) is 2.36. The molecule has 6 heteroatoms. The highest BCUT2D eigenvalue weighted by atomic mass is 32.2. The highest BCUT2D eigenvalue weighted by Crippen LogP contribution is 2.25. The van der Waals surface area contributed by atoms with Gasteiger partial charge in [0.05, 0.1) is 6.07 Å². The third-order valence-electron chi connectivity index (χ3n) is 1.26. The summed E-state index contributed by atoms with van der Waals surface area (Å²) in [7, 11) is 0. The van der Waals surface area contributed by atoms with Crippen LogP contribution in [0, 0.1) is 11.3 Å². The summed E-state index contributed by atoms with van der Waals surface area (Å²) in [6.07, 6.45) is 0.553. The molecule has 0 fully saturated rings. The van der Waals surface area contributed by atoms with Crippen molar-refractivity contribution in [3.63, 3.8) is 0 Å². The van der Waals surface area contributed by atoms with E-state index in [0.717, 1.165) is 15.2 Å². The van der Waals surface area contributed by atoms with Gasteiger partial charge in [0.1, 0.15) is 0 Å². The molecule has 0 aliphatic rings. The maximum Gasteiger partial charge on any atom is 0.206 e. The van der Waals surface area contributed by atoms with E-state index in [4.69, 9.17) is 5.26 Å². The molecular weight excluding hydrogens is 216 g/mol. The summed E-state index contributed by atoms with van der Waals surface area (Å²) < 4.78 is 0.920. The van der Waals surface area contributed by atoms with E-state index in [-0.39, 0.29) is 0 Å². The van der Waals surface area contributed by atoms with Gasteiger partial charge in [0.15, 0.2) is 4.34 Å². The number of nitrogens with one attached hydrogen (secondary N) is 1. The molecule has 0 bridgehead atoms. The zero-order valence-electron chi connectivity index (χ0n) is 8.15. The Kier molecular flexibility index (Phi) is 4.70. The van der Waals surface area contributed by atoms with Crippen molar-refractivity contribution in [2.24, 2.45) is 0 Å². The number of aromatic nitrogens is 2. The van der Waals surface area contributed by atoms with Crippen LogP contribution >= 0.6 is 23.1 Å². The number of nitrogens with zero attached hydrogens (tertiary/aromatic N) is 3. The number of nitriles is 1. The third kappa shape index (κ3) is 3.94. The molecule has 0 spiro atoms.